The summed E-state index contributed by atoms with van der Waals surface area (Å²) >= 11 is 0. The number of piperidine rings is 1. The number of likely N-dealkylation sites (tertiary alicyclic amines) is 1. The summed E-state index contributed by atoms with van der Waals surface area (Å²) < 4.78 is 38.3. The van der Waals surface area contributed by atoms with Crippen LogP contribution < -0.4 is 4.90 Å². The fraction of sp³-hybridized carbons (Fsp3) is 0.600. The van der Waals surface area contributed by atoms with Gasteiger partial charge >= 0.3 is 12.3 Å². The summed E-state index contributed by atoms with van der Waals surface area (Å²) in [4.78, 5) is 17.7. The molecule has 24 heavy (non-hydrogen) atoms. The van der Waals surface area contributed by atoms with Crippen molar-refractivity contribution < 1.29 is 28.2 Å². The molecule has 0 aromatic carbocycles. The van der Waals surface area contributed by atoms with Gasteiger partial charge in [0.15, 0.2) is 0 Å². The van der Waals surface area contributed by atoms with Crippen molar-refractivity contribution >= 4 is 11.8 Å². The first-order valence-corrected chi connectivity index (χ1v) is 7.61. The Kier molecular flexibility index (Phi) is 5.66. The lowest BCUT2D eigenvalue weighted by molar-refractivity contribution is -0.137. The first kappa shape index (κ1) is 18.5. The predicted molar refractivity (Wildman–Crippen MR) is 80.6 cm³/mol. The number of halogens is 3. The number of pyridine rings is 1. The summed E-state index contributed by atoms with van der Waals surface area (Å²) in [5, 5.41) is 18.9. The largest absolute Gasteiger partial charge is 0.465 e. The van der Waals surface area contributed by atoms with Crippen LogP contribution in [-0.2, 0) is 6.18 Å². The summed E-state index contributed by atoms with van der Waals surface area (Å²) in [6.45, 7) is 2.83. The number of carboxylic acid groups (broad SMARTS) is 1. The Morgan fingerprint density at radius 2 is 2.04 bits per heavy atom. The van der Waals surface area contributed by atoms with Gasteiger partial charge in [-0.2, -0.15) is 13.2 Å². The zero-order chi connectivity index (χ0) is 17.9. The minimum absolute atomic E-state index is 0.0369. The monoisotopic (exact) mass is 347 g/mol. The molecule has 0 spiro atoms. The Morgan fingerprint density at radius 1 is 1.42 bits per heavy atom. The van der Waals surface area contributed by atoms with Crippen molar-refractivity contribution in [1.29, 1.82) is 0 Å². The van der Waals surface area contributed by atoms with Gasteiger partial charge in [-0.25, -0.2) is 4.79 Å². The smallest absolute Gasteiger partial charge is 0.417 e. The van der Waals surface area contributed by atoms with Crippen LogP contribution in [0.5, 0.6) is 0 Å². The summed E-state index contributed by atoms with van der Waals surface area (Å²) in [7, 11) is 0. The zero-order valence-electron chi connectivity index (χ0n) is 13.2. The van der Waals surface area contributed by atoms with Crippen LogP contribution in [-0.4, -0.2) is 52.1 Å². The second kappa shape index (κ2) is 7.35. The maximum atomic E-state index is 12.8. The van der Waals surface area contributed by atoms with Crippen LogP contribution in [0.2, 0.25) is 0 Å². The minimum atomic E-state index is -4.58. The Bertz CT molecular complexity index is 573. The molecule has 6 nitrogen and oxygen atoms in total. The number of anilines is 1. The maximum Gasteiger partial charge on any atom is 0.417 e. The van der Waals surface area contributed by atoms with Gasteiger partial charge in [0.05, 0.1) is 30.2 Å². The average Bonchev–Trinajstić information content (AvgIpc) is 2.52. The highest BCUT2D eigenvalue weighted by molar-refractivity contribution is 5.85. The standard InChI is InChI=1S/C15H20F3N3O3/c1-10(22)11-2-4-20(5-3-11)9-21(14(23)24)13-6-12(7-19-8-13)15(16,17)18/h6-8,10-11,22H,2-5,9H2,1H3,(H,23,24). The molecule has 0 aliphatic carbocycles. The van der Waals surface area contributed by atoms with Crippen LogP contribution in [0.4, 0.5) is 23.7 Å². The van der Waals surface area contributed by atoms with Crippen LogP contribution >= 0.6 is 0 Å². The summed E-state index contributed by atoms with van der Waals surface area (Å²) in [6, 6.07) is 0.781. The number of hydrogen-bond acceptors (Lipinski definition) is 4. The number of aromatic nitrogens is 1. The van der Waals surface area contributed by atoms with Crippen molar-refractivity contribution in [3.63, 3.8) is 0 Å². The third-order valence-corrected chi connectivity index (χ3v) is 4.25. The third-order valence-electron chi connectivity index (χ3n) is 4.25. The lowest BCUT2D eigenvalue weighted by Crippen LogP contribution is -2.45. The van der Waals surface area contributed by atoms with Crippen LogP contribution in [0.1, 0.15) is 25.3 Å². The van der Waals surface area contributed by atoms with E-state index in [1.807, 2.05) is 4.90 Å². The molecule has 1 aliphatic heterocycles. The van der Waals surface area contributed by atoms with Gasteiger partial charge in [0.25, 0.3) is 0 Å². The molecule has 0 saturated carbocycles. The van der Waals surface area contributed by atoms with E-state index in [4.69, 9.17) is 0 Å². The van der Waals surface area contributed by atoms with Crippen LogP contribution in [0.3, 0.4) is 0 Å². The minimum Gasteiger partial charge on any atom is -0.465 e. The van der Waals surface area contributed by atoms with E-state index in [-0.39, 0.29) is 18.3 Å². The van der Waals surface area contributed by atoms with Gasteiger partial charge in [0, 0.05) is 19.3 Å². The fourth-order valence-corrected chi connectivity index (χ4v) is 2.76. The Hall–Kier alpha value is -1.87. The number of carbonyl (C=O) groups is 1. The van der Waals surface area contributed by atoms with Gasteiger partial charge in [-0.1, -0.05) is 0 Å². The van der Waals surface area contributed by atoms with Gasteiger partial charge in [-0.15, -0.1) is 0 Å². The molecule has 2 heterocycles. The molecule has 1 amide bonds. The highest BCUT2D eigenvalue weighted by Gasteiger charge is 2.32. The van der Waals surface area contributed by atoms with Gasteiger partial charge < -0.3 is 10.2 Å². The van der Waals surface area contributed by atoms with E-state index in [1.165, 1.54) is 0 Å². The molecular formula is C15H20F3N3O3. The van der Waals surface area contributed by atoms with Crippen molar-refractivity contribution in [3.8, 4) is 0 Å². The number of amides is 1. The van der Waals surface area contributed by atoms with Crippen molar-refractivity contribution in [2.75, 3.05) is 24.7 Å². The summed E-state index contributed by atoms with van der Waals surface area (Å²) in [6.07, 6.45) is -3.14. The molecule has 2 rings (SSSR count). The first-order valence-electron chi connectivity index (χ1n) is 7.61. The molecule has 1 saturated heterocycles. The van der Waals surface area contributed by atoms with Gasteiger partial charge in [0.2, 0.25) is 0 Å². The number of hydrogen-bond donors (Lipinski definition) is 2. The topological polar surface area (TPSA) is 76.9 Å². The predicted octanol–water partition coefficient (Wildman–Crippen LogP) is 2.64. The molecule has 0 bridgehead atoms. The van der Waals surface area contributed by atoms with Gasteiger partial charge in [-0.3, -0.25) is 14.8 Å². The molecule has 1 atom stereocenters. The molecular weight excluding hydrogens is 327 g/mol. The van der Waals surface area contributed by atoms with Gasteiger partial charge in [0.1, 0.15) is 0 Å². The number of aliphatic hydroxyl groups is 1. The highest BCUT2D eigenvalue weighted by Crippen LogP contribution is 2.31. The SMILES string of the molecule is CC(O)C1CCN(CN(C(=O)O)c2cncc(C(F)(F)F)c2)CC1. The van der Waals surface area contributed by atoms with Crippen LogP contribution in [0.25, 0.3) is 0 Å². The molecule has 1 unspecified atom stereocenters. The number of aliphatic hydroxyl groups excluding tert-OH is 1. The fourth-order valence-electron chi connectivity index (χ4n) is 2.76. The quantitative estimate of drug-likeness (QED) is 0.876. The Balaban J connectivity index is 2.10. The van der Waals surface area contributed by atoms with E-state index in [1.54, 1.807) is 6.92 Å². The van der Waals surface area contributed by atoms with E-state index in [9.17, 15) is 28.2 Å². The van der Waals surface area contributed by atoms with Crippen LogP contribution in [0.15, 0.2) is 18.5 Å². The van der Waals surface area contributed by atoms with E-state index >= 15 is 0 Å². The Morgan fingerprint density at radius 3 is 2.54 bits per heavy atom. The maximum absolute atomic E-state index is 12.8. The lowest BCUT2D eigenvalue weighted by atomic mass is 9.92. The normalized spacial score (nSPS) is 18.4. The molecule has 2 N–H and O–H groups in total. The van der Waals surface area contributed by atoms with Crippen molar-refractivity contribution in [3.05, 3.63) is 24.0 Å². The summed E-state index contributed by atoms with van der Waals surface area (Å²) in [5.41, 5.74) is -1.10. The first-order chi connectivity index (χ1) is 11.2. The molecule has 0 radical (unpaired) electrons. The molecule has 1 aromatic heterocycles. The summed E-state index contributed by atoms with van der Waals surface area (Å²) in [5.74, 6) is 0.162. The molecule has 1 aromatic rings. The van der Waals surface area contributed by atoms with Crippen LogP contribution in [0, 0.1) is 5.92 Å². The second-order valence-electron chi connectivity index (χ2n) is 5.98. The van der Waals surface area contributed by atoms with E-state index in [2.05, 4.69) is 4.98 Å². The lowest BCUT2D eigenvalue weighted by Gasteiger charge is -2.35. The van der Waals surface area contributed by atoms with Crippen molar-refractivity contribution in [1.82, 2.24) is 9.88 Å². The number of nitrogens with zero attached hydrogens (tertiary/aromatic N) is 3. The average molecular weight is 347 g/mol. The van der Waals surface area contributed by atoms with Crippen molar-refractivity contribution in [2.45, 2.75) is 32.0 Å². The molecule has 134 valence electrons. The molecule has 9 heteroatoms. The molecule has 1 fully saturated rings. The van der Waals surface area contributed by atoms with Crippen molar-refractivity contribution in [2.24, 2.45) is 5.92 Å². The highest BCUT2D eigenvalue weighted by atomic mass is 19.4. The second-order valence-corrected chi connectivity index (χ2v) is 5.98. The third kappa shape index (κ3) is 4.57. The van der Waals surface area contributed by atoms with E-state index in [0.29, 0.717) is 32.1 Å². The van der Waals surface area contributed by atoms with E-state index in [0.717, 1.165) is 17.2 Å². The van der Waals surface area contributed by atoms with Gasteiger partial charge in [-0.05, 0) is 31.7 Å². The number of rotatable bonds is 4. The Labute approximate surface area is 137 Å². The van der Waals surface area contributed by atoms with E-state index < -0.39 is 23.9 Å². The zero-order valence-corrected chi connectivity index (χ0v) is 13.2. The number of alkyl halides is 3. The molecule has 1 aliphatic rings.